The molecule has 0 amide bonds. The van der Waals surface area contributed by atoms with Crippen molar-refractivity contribution < 1.29 is 10.4 Å². The average Bonchev–Trinajstić information content (AvgIpc) is 1.99. The minimum Gasteiger partial charge on any atom is -0.411 e. The molecule has 0 rings (SSSR count). The Labute approximate surface area is 59.2 Å². The number of hydrogen-bond donors (Lipinski definition) is 2. The van der Waals surface area contributed by atoms with Crippen LogP contribution in [0.4, 0.5) is 0 Å². The molecule has 4 nitrogen and oxygen atoms in total. The summed E-state index contributed by atoms with van der Waals surface area (Å²) in [4.78, 5) is 0. The third-order valence-electron chi connectivity index (χ3n) is 0.881. The SMILES string of the molecule is CC(/C=C/C(C)=N/O)=N\O. The van der Waals surface area contributed by atoms with Crippen molar-refractivity contribution in [1.82, 2.24) is 0 Å². The fraction of sp³-hybridized carbons (Fsp3) is 0.333. The molecule has 2 N–H and O–H groups in total. The minimum absolute atomic E-state index is 0.461. The number of hydrogen-bond acceptors (Lipinski definition) is 4. The predicted molar refractivity (Wildman–Crippen MR) is 38.9 cm³/mol. The zero-order chi connectivity index (χ0) is 7.98. The van der Waals surface area contributed by atoms with Gasteiger partial charge in [0.05, 0.1) is 11.4 Å². The summed E-state index contributed by atoms with van der Waals surface area (Å²) >= 11 is 0. The molecule has 10 heavy (non-hydrogen) atoms. The van der Waals surface area contributed by atoms with E-state index in [9.17, 15) is 0 Å². The zero-order valence-electron chi connectivity index (χ0n) is 5.94. The number of nitrogens with zero attached hydrogens (tertiary/aromatic N) is 2. The van der Waals surface area contributed by atoms with Crippen LogP contribution in [0.3, 0.4) is 0 Å². The molecule has 0 aliphatic rings. The van der Waals surface area contributed by atoms with E-state index in [2.05, 4.69) is 10.3 Å². The van der Waals surface area contributed by atoms with Crippen molar-refractivity contribution in [2.75, 3.05) is 0 Å². The second-order valence-corrected chi connectivity index (χ2v) is 1.82. The second kappa shape index (κ2) is 4.55. The molecule has 0 radical (unpaired) electrons. The van der Waals surface area contributed by atoms with Crippen molar-refractivity contribution in [3.05, 3.63) is 12.2 Å². The quantitative estimate of drug-likeness (QED) is 0.346. The van der Waals surface area contributed by atoms with Crippen LogP contribution < -0.4 is 0 Å². The van der Waals surface area contributed by atoms with Crippen LogP contribution in [0.25, 0.3) is 0 Å². The third-order valence-corrected chi connectivity index (χ3v) is 0.881. The first-order chi connectivity index (χ1) is 4.70. The van der Waals surface area contributed by atoms with E-state index in [1.807, 2.05) is 0 Å². The van der Waals surface area contributed by atoms with Crippen LogP contribution in [0, 0.1) is 0 Å². The molecule has 0 aromatic carbocycles. The Kier molecular flexibility index (Phi) is 3.95. The molecule has 0 spiro atoms. The van der Waals surface area contributed by atoms with Gasteiger partial charge < -0.3 is 10.4 Å². The summed E-state index contributed by atoms with van der Waals surface area (Å²) in [5.74, 6) is 0. The Hall–Kier alpha value is -1.32. The van der Waals surface area contributed by atoms with Crippen LogP contribution in [0.5, 0.6) is 0 Å². The van der Waals surface area contributed by atoms with Gasteiger partial charge in [-0.1, -0.05) is 10.3 Å². The summed E-state index contributed by atoms with van der Waals surface area (Å²) in [6, 6.07) is 0. The molecule has 56 valence electrons. The van der Waals surface area contributed by atoms with E-state index in [1.54, 1.807) is 13.8 Å². The summed E-state index contributed by atoms with van der Waals surface area (Å²) in [7, 11) is 0. The summed E-state index contributed by atoms with van der Waals surface area (Å²) in [5, 5.41) is 22.1. The fourth-order valence-corrected chi connectivity index (χ4v) is 0.308. The summed E-state index contributed by atoms with van der Waals surface area (Å²) in [6.45, 7) is 3.25. The van der Waals surface area contributed by atoms with Crippen LogP contribution in [-0.4, -0.2) is 21.8 Å². The maximum atomic E-state index is 8.15. The normalized spacial score (nSPS) is 14.6. The van der Waals surface area contributed by atoms with E-state index in [-0.39, 0.29) is 0 Å². The predicted octanol–water partition coefficient (Wildman–Crippen LogP) is 1.24. The molecule has 0 saturated heterocycles. The largest absolute Gasteiger partial charge is 0.411 e. The molecule has 0 fully saturated rings. The molecule has 4 heteroatoms. The van der Waals surface area contributed by atoms with Gasteiger partial charge in [-0.3, -0.25) is 0 Å². The van der Waals surface area contributed by atoms with Gasteiger partial charge in [0.25, 0.3) is 0 Å². The Morgan fingerprint density at radius 2 is 1.30 bits per heavy atom. The lowest BCUT2D eigenvalue weighted by molar-refractivity contribution is 0.318. The van der Waals surface area contributed by atoms with Gasteiger partial charge in [0.1, 0.15) is 0 Å². The Morgan fingerprint density at radius 3 is 1.50 bits per heavy atom. The molecule has 0 heterocycles. The average molecular weight is 142 g/mol. The van der Waals surface area contributed by atoms with E-state index in [1.165, 1.54) is 12.2 Å². The fourth-order valence-electron chi connectivity index (χ4n) is 0.308. The molecule has 0 aromatic rings. The monoisotopic (exact) mass is 142 g/mol. The van der Waals surface area contributed by atoms with Crippen molar-refractivity contribution in [2.45, 2.75) is 13.8 Å². The highest BCUT2D eigenvalue weighted by Crippen LogP contribution is 1.82. The standard InChI is InChI=1S/C6H10N2O2/c1-5(7-9)3-4-6(2)8-10/h3-4,9-10H,1-2H3/b4-3+,7-5+,8-6+. The lowest BCUT2D eigenvalue weighted by Gasteiger charge is -1.85. The Balaban J connectivity index is 4.01. The summed E-state index contributed by atoms with van der Waals surface area (Å²) in [6.07, 6.45) is 3.07. The minimum atomic E-state index is 0.461. The molecule has 0 atom stereocenters. The van der Waals surface area contributed by atoms with Crippen molar-refractivity contribution in [3.63, 3.8) is 0 Å². The van der Waals surface area contributed by atoms with Crippen LogP contribution in [0.15, 0.2) is 22.5 Å². The van der Waals surface area contributed by atoms with Crippen LogP contribution in [0.1, 0.15) is 13.8 Å². The third kappa shape index (κ3) is 3.65. The van der Waals surface area contributed by atoms with Gasteiger partial charge >= 0.3 is 0 Å². The smallest absolute Gasteiger partial charge is 0.0765 e. The van der Waals surface area contributed by atoms with E-state index < -0.39 is 0 Å². The number of rotatable bonds is 2. The highest BCUT2D eigenvalue weighted by molar-refractivity contribution is 6.01. The molecule has 0 aliphatic carbocycles. The molecule has 0 saturated carbocycles. The Bertz CT molecular complexity index is 162. The second-order valence-electron chi connectivity index (χ2n) is 1.82. The molecule has 0 bridgehead atoms. The van der Waals surface area contributed by atoms with Gasteiger partial charge in [-0.2, -0.15) is 0 Å². The molecule has 0 aliphatic heterocycles. The highest BCUT2D eigenvalue weighted by atomic mass is 16.4. The molecule has 0 aromatic heterocycles. The van der Waals surface area contributed by atoms with Gasteiger partial charge in [-0.15, -0.1) is 0 Å². The van der Waals surface area contributed by atoms with Crippen molar-refractivity contribution in [3.8, 4) is 0 Å². The first kappa shape index (κ1) is 8.68. The lowest BCUT2D eigenvalue weighted by Crippen LogP contribution is -1.88. The van der Waals surface area contributed by atoms with Gasteiger partial charge in [0.15, 0.2) is 0 Å². The van der Waals surface area contributed by atoms with Crippen molar-refractivity contribution >= 4 is 11.4 Å². The molecular formula is C6H10N2O2. The number of allylic oxidation sites excluding steroid dienone is 2. The Morgan fingerprint density at radius 1 is 1.00 bits per heavy atom. The van der Waals surface area contributed by atoms with Gasteiger partial charge in [0.2, 0.25) is 0 Å². The summed E-state index contributed by atoms with van der Waals surface area (Å²) < 4.78 is 0. The van der Waals surface area contributed by atoms with Gasteiger partial charge in [-0.25, -0.2) is 0 Å². The van der Waals surface area contributed by atoms with Crippen molar-refractivity contribution in [2.24, 2.45) is 10.3 Å². The van der Waals surface area contributed by atoms with Crippen LogP contribution in [-0.2, 0) is 0 Å². The maximum absolute atomic E-state index is 8.15. The van der Waals surface area contributed by atoms with Crippen molar-refractivity contribution in [1.29, 1.82) is 0 Å². The zero-order valence-corrected chi connectivity index (χ0v) is 5.94. The van der Waals surface area contributed by atoms with Gasteiger partial charge in [0, 0.05) is 0 Å². The highest BCUT2D eigenvalue weighted by Gasteiger charge is 1.83. The van der Waals surface area contributed by atoms with E-state index in [0.29, 0.717) is 11.4 Å². The van der Waals surface area contributed by atoms with Gasteiger partial charge in [-0.05, 0) is 26.0 Å². The molecule has 0 unspecified atom stereocenters. The van der Waals surface area contributed by atoms with E-state index in [0.717, 1.165) is 0 Å². The number of oxime groups is 2. The first-order valence-corrected chi connectivity index (χ1v) is 2.76. The van der Waals surface area contributed by atoms with E-state index in [4.69, 9.17) is 10.4 Å². The summed E-state index contributed by atoms with van der Waals surface area (Å²) in [5.41, 5.74) is 0.922. The lowest BCUT2D eigenvalue weighted by atomic mass is 10.3. The topological polar surface area (TPSA) is 65.2 Å². The molecular weight excluding hydrogens is 132 g/mol. The van der Waals surface area contributed by atoms with E-state index >= 15 is 0 Å². The van der Waals surface area contributed by atoms with Crippen LogP contribution in [0.2, 0.25) is 0 Å². The van der Waals surface area contributed by atoms with Crippen LogP contribution >= 0.6 is 0 Å². The maximum Gasteiger partial charge on any atom is 0.0765 e. The first-order valence-electron chi connectivity index (χ1n) is 2.76.